The average molecular weight is 332 g/mol. The maximum absolute atomic E-state index is 12.3. The molecule has 2 rings (SSSR count). The van der Waals surface area contributed by atoms with Crippen molar-refractivity contribution in [1.82, 2.24) is 14.7 Å². The molecule has 0 fully saturated rings. The largest absolute Gasteiger partial charge is 0.335 e. The summed E-state index contributed by atoms with van der Waals surface area (Å²) in [4.78, 5) is 26.9. The number of amides is 2. The van der Waals surface area contributed by atoms with Gasteiger partial charge in [-0.15, -0.1) is 11.8 Å². The number of carbonyl (C=O) groups excluding carboxylic acids is 2. The first kappa shape index (κ1) is 17.1. The van der Waals surface area contributed by atoms with E-state index in [9.17, 15) is 9.59 Å². The van der Waals surface area contributed by atoms with Crippen LogP contribution in [0.5, 0.6) is 0 Å². The number of hydrogen-bond acceptors (Lipinski definition) is 4. The molecule has 0 aliphatic heterocycles. The molecule has 0 aliphatic rings. The van der Waals surface area contributed by atoms with Gasteiger partial charge in [-0.25, -0.2) is 0 Å². The van der Waals surface area contributed by atoms with E-state index in [1.54, 1.807) is 48.9 Å². The van der Waals surface area contributed by atoms with Crippen LogP contribution in [0.3, 0.4) is 0 Å². The monoisotopic (exact) mass is 332 g/mol. The molecule has 0 radical (unpaired) electrons. The zero-order chi connectivity index (χ0) is 16.8. The van der Waals surface area contributed by atoms with E-state index in [2.05, 4.69) is 10.4 Å². The second-order valence-electron chi connectivity index (χ2n) is 5.13. The van der Waals surface area contributed by atoms with Crippen LogP contribution in [0.15, 0.2) is 47.6 Å². The van der Waals surface area contributed by atoms with Crippen LogP contribution in [0.25, 0.3) is 0 Å². The zero-order valence-electron chi connectivity index (χ0n) is 13.4. The molecule has 2 amide bonds. The number of hydrogen-bond donors (Lipinski definition) is 1. The van der Waals surface area contributed by atoms with Crippen LogP contribution >= 0.6 is 11.8 Å². The molecule has 122 valence electrons. The standard InChI is InChI=1S/C16H20N4O2S/c1-12(20-10-4-9-17-20)16(22)19(2)11-15(21)18-13-5-7-14(23-3)8-6-13/h4-10,12H,11H2,1-3H3,(H,18,21). The van der Waals surface area contributed by atoms with Gasteiger partial charge in [-0.1, -0.05) is 0 Å². The Morgan fingerprint density at radius 1 is 1.35 bits per heavy atom. The zero-order valence-corrected chi connectivity index (χ0v) is 14.2. The molecule has 0 saturated heterocycles. The van der Waals surface area contributed by atoms with E-state index in [-0.39, 0.29) is 18.4 Å². The number of rotatable bonds is 6. The Morgan fingerprint density at radius 2 is 2.04 bits per heavy atom. The van der Waals surface area contributed by atoms with Crippen LogP contribution in [0.4, 0.5) is 5.69 Å². The molecule has 2 aromatic rings. The van der Waals surface area contributed by atoms with Crippen molar-refractivity contribution >= 4 is 29.3 Å². The highest BCUT2D eigenvalue weighted by Gasteiger charge is 2.21. The van der Waals surface area contributed by atoms with Crippen LogP contribution in [0, 0.1) is 0 Å². The van der Waals surface area contributed by atoms with E-state index in [0.717, 1.165) is 4.90 Å². The van der Waals surface area contributed by atoms with Crippen LogP contribution < -0.4 is 5.32 Å². The minimum absolute atomic E-state index is 0.00524. The maximum atomic E-state index is 12.3. The van der Waals surface area contributed by atoms with Gasteiger partial charge in [0.25, 0.3) is 0 Å². The third-order valence-corrected chi connectivity index (χ3v) is 4.15. The van der Waals surface area contributed by atoms with E-state index in [1.807, 2.05) is 30.5 Å². The molecule has 1 aromatic heterocycles. The summed E-state index contributed by atoms with van der Waals surface area (Å²) in [5, 5.41) is 6.84. The molecule has 7 heteroatoms. The Morgan fingerprint density at radius 3 is 2.61 bits per heavy atom. The molecule has 6 nitrogen and oxygen atoms in total. The third kappa shape index (κ3) is 4.59. The SMILES string of the molecule is CSc1ccc(NC(=O)CN(C)C(=O)C(C)n2cccn2)cc1. The summed E-state index contributed by atoms with van der Waals surface area (Å²) in [7, 11) is 1.61. The minimum atomic E-state index is -0.441. The summed E-state index contributed by atoms with van der Waals surface area (Å²) < 4.78 is 1.57. The molecular weight excluding hydrogens is 312 g/mol. The number of aromatic nitrogens is 2. The second-order valence-corrected chi connectivity index (χ2v) is 6.01. The molecule has 1 aromatic carbocycles. The first-order chi connectivity index (χ1) is 11.0. The van der Waals surface area contributed by atoms with Crippen molar-refractivity contribution in [3.05, 3.63) is 42.7 Å². The number of benzene rings is 1. The van der Waals surface area contributed by atoms with Gasteiger partial charge in [-0.2, -0.15) is 5.10 Å². The Balaban J connectivity index is 1.89. The number of carbonyl (C=O) groups is 2. The first-order valence-electron chi connectivity index (χ1n) is 7.19. The lowest BCUT2D eigenvalue weighted by atomic mass is 10.3. The summed E-state index contributed by atoms with van der Waals surface area (Å²) in [5.74, 6) is -0.396. The van der Waals surface area contributed by atoms with Gasteiger partial charge < -0.3 is 10.2 Å². The van der Waals surface area contributed by atoms with Crippen molar-refractivity contribution in [3.8, 4) is 0 Å². The Labute approximate surface area is 139 Å². The summed E-state index contributed by atoms with van der Waals surface area (Å²) in [6.07, 6.45) is 5.34. The molecule has 0 aliphatic carbocycles. The number of thioether (sulfide) groups is 1. The van der Waals surface area contributed by atoms with Crippen molar-refractivity contribution < 1.29 is 9.59 Å². The summed E-state index contributed by atoms with van der Waals surface area (Å²) >= 11 is 1.64. The van der Waals surface area contributed by atoms with Gasteiger partial charge in [-0.3, -0.25) is 14.3 Å². The lowest BCUT2D eigenvalue weighted by Crippen LogP contribution is -2.38. The fourth-order valence-corrected chi connectivity index (χ4v) is 2.52. The highest BCUT2D eigenvalue weighted by atomic mass is 32.2. The molecule has 0 spiro atoms. The van der Waals surface area contributed by atoms with Crippen molar-refractivity contribution in [3.63, 3.8) is 0 Å². The highest BCUT2D eigenvalue weighted by molar-refractivity contribution is 7.98. The van der Waals surface area contributed by atoms with Gasteiger partial charge in [0, 0.05) is 30.0 Å². The molecule has 1 atom stereocenters. The Bertz CT molecular complexity index is 655. The van der Waals surface area contributed by atoms with Crippen molar-refractivity contribution in [1.29, 1.82) is 0 Å². The number of nitrogens with one attached hydrogen (secondary N) is 1. The van der Waals surface area contributed by atoms with Gasteiger partial charge >= 0.3 is 0 Å². The maximum Gasteiger partial charge on any atom is 0.247 e. The van der Waals surface area contributed by atoms with Crippen LogP contribution in [-0.4, -0.2) is 46.3 Å². The van der Waals surface area contributed by atoms with Crippen molar-refractivity contribution in [2.24, 2.45) is 0 Å². The fourth-order valence-electron chi connectivity index (χ4n) is 2.11. The quantitative estimate of drug-likeness (QED) is 0.824. The van der Waals surface area contributed by atoms with Crippen molar-refractivity contribution in [2.75, 3.05) is 25.2 Å². The van der Waals surface area contributed by atoms with Crippen molar-refractivity contribution in [2.45, 2.75) is 17.9 Å². The Kier molecular flexibility index (Phi) is 5.81. The van der Waals surface area contributed by atoms with E-state index >= 15 is 0 Å². The van der Waals surface area contributed by atoms with Crippen LogP contribution in [-0.2, 0) is 9.59 Å². The van der Waals surface area contributed by atoms with Gasteiger partial charge in [0.2, 0.25) is 11.8 Å². The fraction of sp³-hybridized carbons (Fsp3) is 0.312. The van der Waals surface area contributed by atoms with Crippen LogP contribution in [0.1, 0.15) is 13.0 Å². The number of nitrogens with zero attached hydrogens (tertiary/aromatic N) is 3. The molecule has 0 bridgehead atoms. The molecule has 1 unspecified atom stereocenters. The average Bonchev–Trinajstić information content (AvgIpc) is 3.08. The summed E-state index contributed by atoms with van der Waals surface area (Å²) in [5.41, 5.74) is 0.716. The van der Waals surface area contributed by atoms with E-state index < -0.39 is 6.04 Å². The predicted molar refractivity (Wildman–Crippen MR) is 91.4 cm³/mol. The van der Waals surface area contributed by atoms with E-state index in [0.29, 0.717) is 5.69 Å². The van der Waals surface area contributed by atoms with Gasteiger partial charge in [-0.05, 0) is 43.5 Å². The van der Waals surface area contributed by atoms with E-state index in [4.69, 9.17) is 0 Å². The lowest BCUT2D eigenvalue weighted by molar-refractivity contribution is -0.136. The van der Waals surface area contributed by atoms with Gasteiger partial charge in [0.1, 0.15) is 6.04 Å². The number of anilines is 1. The minimum Gasteiger partial charge on any atom is -0.335 e. The lowest BCUT2D eigenvalue weighted by Gasteiger charge is -2.21. The molecule has 1 N–H and O–H groups in total. The Hall–Kier alpha value is -2.28. The third-order valence-electron chi connectivity index (χ3n) is 3.41. The topological polar surface area (TPSA) is 67.2 Å². The second kappa shape index (κ2) is 7.82. The van der Waals surface area contributed by atoms with Gasteiger partial charge in [0.05, 0.1) is 6.54 Å². The molecule has 1 heterocycles. The van der Waals surface area contributed by atoms with Gasteiger partial charge in [0.15, 0.2) is 0 Å². The predicted octanol–water partition coefficient (Wildman–Crippen LogP) is 2.26. The summed E-state index contributed by atoms with van der Waals surface area (Å²) in [6.45, 7) is 1.75. The van der Waals surface area contributed by atoms with E-state index in [1.165, 1.54) is 4.90 Å². The molecule has 0 saturated carbocycles. The van der Waals surface area contributed by atoms with Crippen LogP contribution in [0.2, 0.25) is 0 Å². The molecule has 23 heavy (non-hydrogen) atoms. The normalized spacial score (nSPS) is 11.8. The highest BCUT2D eigenvalue weighted by Crippen LogP contribution is 2.17. The smallest absolute Gasteiger partial charge is 0.247 e. The molecular formula is C16H20N4O2S. The first-order valence-corrected chi connectivity index (χ1v) is 8.41. The summed E-state index contributed by atoms with van der Waals surface area (Å²) in [6, 6.07) is 8.89. The number of likely N-dealkylation sites (N-methyl/N-ethyl adjacent to an activating group) is 1.